The van der Waals surface area contributed by atoms with Crippen molar-refractivity contribution < 1.29 is 13.6 Å². The van der Waals surface area contributed by atoms with Gasteiger partial charge in [0.05, 0.1) is 12.0 Å². The van der Waals surface area contributed by atoms with Crippen LogP contribution in [0.25, 0.3) is 11.7 Å². The van der Waals surface area contributed by atoms with E-state index in [9.17, 15) is 4.79 Å². The molecule has 6 heteroatoms. The summed E-state index contributed by atoms with van der Waals surface area (Å²) in [6.07, 6.45) is 6.17. The van der Waals surface area contributed by atoms with E-state index < -0.39 is 0 Å². The number of hydrogen-bond donors (Lipinski definition) is 0. The molecule has 6 nitrogen and oxygen atoms in total. The number of amides is 1. The molecule has 2 aromatic heterocycles. The number of carbonyl (C=O) groups is 1. The van der Waals surface area contributed by atoms with Gasteiger partial charge >= 0.3 is 0 Å². The Morgan fingerprint density at radius 1 is 1.28 bits per heavy atom. The Balaban J connectivity index is 1.51. The highest BCUT2D eigenvalue weighted by atomic mass is 16.4. The topological polar surface area (TPSA) is 62.7 Å². The number of oxazole rings is 1. The second kappa shape index (κ2) is 6.67. The van der Waals surface area contributed by atoms with Gasteiger partial charge in [0, 0.05) is 32.1 Å². The lowest BCUT2D eigenvalue weighted by Gasteiger charge is -2.34. The first-order valence-corrected chi connectivity index (χ1v) is 9.15. The normalized spacial score (nSPS) is 24.3. The van der Waals surface area contributed by atoms with Crippen molar-refractivity contribution in [1.29, 1.82) is 0 Å². The third kappa shape index (κ3) is 3.11. The molecule has 0 bridgehead atoms. The van der Waals surface area contributed by atoms with E-state index in [0.29, 0.717) is 23.7 Å². The Bertz CT molecular complexity index is 737. The summed E-state index contributed by atoms with van der Waals surface area (Å²) in [7, 11) is 0. The summed E-state index contributed by atoms with van der Waals surface area (Å²) >= 11 is 0. The fraction of sp³-hybridized carbons (Fsp3) is 0.579. The Hall–Kier alpha value is -2.08. The summed E-state index contributed by atoms with van der Waals surface area (Å²) in [5.41, 5.74) is 0.964. The fourth-order valence-electron chi connectivity index (χ4n) is 4.34. The maximum atomic E-state index is 11.9. The number of hydrogen-bond acceptors (Lipinski definition) is 5. The molecule has 0 saturated carbocycles. The maximum Gasteiger partial charge on any atom is 0.263 e. The number of furan rings is 1. The smallest absolute Gasteiger partial charge is 0.263 e. The summed E-state index contributed by atoms with van der Waals surface area (Å²) in [5.74, 6) is 2.24. The van der Waals surface area contributed by atoms with Crippen molar-refractivity contribution in [1.82, 2.24) is 14.8 Å². The minimum Gasteiger partial charge on any atom is -0.459 e. The summed E-state index contributed by atoms with van der Waals surface area (Å²) in [6.45, 7) is 6.36. The van der Waals surface area contributed by atoms with E-state index in [2.05, 4.69) is 14.8 Å². The molecule has 2 atom stereocenters. The van der Waals surface area contributed by atoms with Gasteiger partial charge < -0.3 is 13.7 Å². The van der Waals surface area contributed by atoms with E-state index in [-0.39, 0.29) is 5.91 Å². The van der Waals surface area contributed by atoms with E-state index >= 15 is 0 Å². The molecule has 2 aliphatic heterocycles. The van der Waals surface area contributed by atoms with Crippen molar-refractivity contribution in [2.24, 2.45) is 0 Å². The number of likely N-dealkylation sites (tertiary alicyclic amines) is 2. The first-order chi connectivity index (χ1) is 12.1. The zero-order valence-electron chi connectivity index (χ0n) is 14.9. The lowest BCUT2D eigenvalue weighted by molar-refractivity contribution is -0.130. The zero-order valence-corrected chi connectivity index (χ0v) is 14.9. The third-order valence-corrected chi connectivity index (χ3v) is 5.54. The molecule has 0 radical (unpaired) electrons. The van der Waals surface area contributed by atoms with Crippen LogP contribution < -0.4 is 0 Å². The van der Waals surface area contributed by atoms with Crippen LogP contribution >= 0.6 is 0 Å². The molecule has 0 aliphatic carbocycles. The van der Waals surface area contributed by atoms with Gasteiger partial charge in [0.1, 0.15) is 5.76 Å². The van der Waals surface area contributed by atoms with Gasteiger partial charge in [0.2, 0.25) is 5.91 Å². The predicted octanol–water partition coefficient (Wildman–Crippen LogP) is 3.22. The largest absolute Gasteiger partial charge is 0.459 e. The van der Waals surface area contributed by atoms with Crippen molar-refractivity contribution in [2.75, 3.05) is 13.1 Å². The SMILES string of the molecule is CC(=O)N1CCC[C@@H]1[C@@H]1CCCN1Cc1nc(-c2ccco2)oc1C. The predicted molar refractivity (Wildman–Crippen MR) is 92.8 cm³/mol. The maximum absolute atomic E-state index is 11.9. The van der Waals surface area contributed by atoms with Crippen molar-refractivity contribution in [2.45, 2.75) is 58.2 Å². The quantitative estimate of drug-likeness (QED) is 0.853. The van der Waals surface area contributed by atoms with Gasteiger partial charge in [-0.3, -0.25) is 9.69 Å². The second-order valence-electron chi connectivity index (χ2n) is 7.10. The van der Waals surface area contributed by atoms with Crippen LogP contribution in [0.4, 0.5) is 0 Å². The van der Waals surface area contributed by atoms with Gasteiger partial charge in [-0.1, -0.05) is 0 Å². The van der Waals surface area contributed by atoms with Crippen molar-refractivity contribution >= 4 is 5.91 Å². The third-order valence-electron chi connectivity index (χ3n) is 5.54. The van der Waals surface area contributed by atoms with Crippen molar-refractivity contribution in [3.63, 3.8) is 0 Å². The van der Waals surface area contributed by atoms with Gasteiger partial charge in [0.25, 0.3) is 5.89 Å². The first-order valence-electron chi connectivity index (χ1n) is 9.15. The van der Waals surface area contributed by atoms with Crippen LogP contribution in [-0.4, -0.2) is 45.9 Å². The fourth-order valence-corrected chi connectivity index (χ4v) is 4.34. The summed E-state index contributed by atoms with van der Waals surface area (Å²) < 4.78 is 11.2. The number of aryl methyl sites for hydroxylation is 1. The number of nitrogens with zero attached hydrogens (tertiary/aromatic N) is 3. The van der Waals surface area contributed by atoms with Gasteiger partial charge in [-0.15, -0.1) is 0 Å². The second-order valence-corrected chi connectivity index (χ2v) is 7.10. The molecule has 2 saturated heterocycles. The van der Waals surface area contributed by atoms with Crippen LogP contribution in [0.5, 0.6) is 0 Å². The average molecular weight is 343 g/mol. The highest BCUT2D eigenvalue weighted by Crippen LogP contribution is 2.32. The van der Waals surface area contributed by atoms with Crippen LogP contribution in [0.3, 0.4) is 0 Å². The number of aromatic nitrogens is 1. The minimum absolute atomic E-state index is 0.201. The van der Waals surface area contributed by atoms with Crippen LogP contribution in [0.1, 0.15) is 44.1 Å². The van der Waals surface area contributed by atoms with E-state index in [1.807, 2.05) is 19.1 Å². The van der Waals surface area contributed by atoms with E-state index in [4.69, 9.17) is 8.83 Å². The highest BCUT2D eigenvalue weighted by molar-refractivity contribution is 5.74. The molecule has 134 valence electrons. The van der Waals surface area contributed by atoms with E-state index in [0.717, 1.165) is 50.4 Å². The van der Waals surface area contributed by atoms with Crippen molar-refractivity contribution in [3.8, 4) is 11.7 Å². The molecule has 2 aliphatic rings. The number of rotatable bonds is 4. The highest BCUT2D eigenvalue weighted by Gasteiger charge is 2.39. The lowest BCUT2D eigenvalue weighted by atomic mass is 10.0. The standard InChI is InChI=1S/C19H25N3O3/c1-13-15(20-19(25-13)18-8-5-11-24-18)12-21-9-3-6-16(21)17-7-4-10-22(17)14(2)23/h5,8,11,16-17H,3-4,6-7,9-10,12H2,1-2H3/t16-,17+/m0/s1. The Morgan fingerprint density at radius 2 is 2.08 bits per heavy atom. The molecule has 4 heterocycles. The molecular weight excluding hydrogens is 318 g/mol. The Labute approximate surface area is 147 Å². The molecule has 4 rings (SSSR count). The first kappa shape index (κ1) is 16.4. The van der Waals surface area contributed by atoms with Gasteiger partial charge in [-0.05, 0) is 51.3 Å². The van der Waals surface area contributed by atoms with Crippen LogP contribution in [-0.2, 0) is 11.3 Å². The van der Waals surface area contributed by atoms with Crippen molar-refractivity contribution in [3.05, 3.63) is 29.9 Å². The Kier molecular flexibility index (Phi) is 4.37. The summed E-state index contributed by atoms with van der Waals surface area (Å²) in [5, 5.41) is 0. The minimum atomic E-state index is 0.201. The van der Waals surface area contributed by atoms with Crippen LogP contribution in [0.15, 0.2) is 27.2 Å². The molecule has 0 aromatic carbocycles. The zero-order chi connectivity index (χ0) is 17.4. The van der Waals surface area contributed by atoms with Gasteiger partial charge in [0.15, 0.2) is 5.76 Å². The van der Waals surface area contributed by atoms with Crippen LogP contribution in [0.2, 0.25) is 0 Å². The molecular formula is C19H25N3O3. The molecule has 0 spiro atoms. The Morgan fingerprint density at radius 3 is 2.84 bits per heavy atom. The van der Waals surface area contributed by atoms with Crippen LogP contribution in [0, 0.1) is 6.92 Å². The van der Waals surface area contributed by atoms with Gasteiger partial charge in [-0.2, -0.15) is 0 Å². The van der Waals surface area contributed by atoms with E-state index in [1.54, 1.807) is 13.2 Å². The lowest BCUT2D eigenvalue weighted by Crippen LogP contribution is -2.47. The molecule has 2 fully saturated rings. The molecule has 0 unspecified atom stereocenters. The monoisotopic (exact) mass is 343 g/mol. The summed E-state index contributed by atoms with van der Waals surface area (Å²) in [4.78, 5) is 21.1. The molecule has 25 heavy (non-hydrogen) atoms. The molecule has 2 aromatic rings. The van der Waals surface area contributed by atoms with E-state index in [1.165, 1.54) is 6.42 Å². The number of carbonyl (C=O) groups excluding carboxylic acids is 1. The average Bonchev–Trinajstić information content (AvgIpc) is 3.35. The molecule has 1 amide bonds. The summed E-state index contributed by atoms with van der Waals surface area (Å²) in [6, 6.07) is 4.46. The molecule has 0 N–H and O–H groups in total. The van der Waals surface area contributed by atoms with Gasteiger partial charge in [-0.25, -0.2) is 4.98 Å².